The Labute approximate surface area is 96.1 Å². The van der Waals surface area contributed by atoms with Crippen LogP contribution in [0.2, 0.25) is 0 Å². The van der Waals surface area contributed by atoms with E-state index in [0.717, 1.165) is 0 Å². The van der Waals surface area contributed by atoms with Crippen molar-refractivity contribution in [2.75, 3.05) is 0 Å². The maximum absolute atomic E-state index is 11.8. The topological polar surface area (TPSA) is 54.5 Å². The average Bonchev–Trinajstić information content (AvgIpc) is 2.52. The molecule has 1 aromatic carbocycles. The van der Waals surface area contributed by atoms with Crippen molar-refractivity contribution < 1.29 is 14.4 Å². The van der Waals surface area contributed by atoms with Gasteiger partial charge in [0.15, 0.2) is 0 Å². The van der Waals surface area contributed by atoms with Crippen LogP contribution in [0.4, 0.5) is 0 Å². The van der Waals surface area contributed by atoms with E-state index in [4.69, 9.17) is 11.6 Å². The lowest BCUT2D eigenvalue weighted by molar-refractivity contribution is -0.109. The molecule has 1 aromatic rings. The lowest BCUT2D eigenvalue weighted by atomic mass is 10.1. The van der Waals surface area contributed by atoms with Gasteiger partial charge in [0.05, 0.1) is 11.1 Å². The molecule has 0 bridgehead atoms. The molecule has 2 amide bonds. The molecule has 2 rings (SSSR count). The first-order valence-corrected chi connectivity index (χ1v) is 4.78. The predicted octanol–water partition coefficient (Wildman–Crippen LogP) is 1.56. The Morgan fingerprint density at radius 3 is 1.94 bits per heavy atom. The number of carbonyl (C=O) groups is 3. The van der Waals surface area contributed by atoms with E-state index in [0.29, 0.717) is 4.90 Å². The van der Waals surface area contributed by atoms with Crippen molar-refractivity contribution in [2.24, 2.45) is 0 Å². The third-order valence-corrected chi connectivity index (χ3v) is 2.51. The Morgan fingerprint density at radius 2 is 1.56 bits per heavy atom. The highest BCUT2D eigenvalue weighted by molar-refractivity contribution is 6.68. The SMILES string of the molecule is C=C(C(=O)Cl)N1C(=O)c2ccccc2C1=O. The summed E-state index contributed by atoms with van der Waals surface area (Å²) in [4.78, 5) is 35.2. The fraction of sp³-hybridized carbons (Fsp3) is 0. The van der Waals surface area contributed by atoms with Gasteiger partial charge in [0, 0.05) is 0 Å². The number of nitrogens with zero attached hydrogens (tertiary/aromatic N) is 1. The molecule has 5 heteroatoms. The molecular weight excluding hydrogens is 230 g/mol. The molecule has 0 radical (unpaired) electrons. The molecule has 4 nitrogen and oxygen atoms in total. The molecule has 0 fully saturated rings. The summed E-state index contributed by atoms with van der Waals surface area (Å²) in [5, 5.41) is -0.922. The van der Waals surface area contributed by atoms with Crippen LogP contribution in [0.5, 0.6) is 0 Å². The van der Waals surface area contributed by atoms with Crippen LogP contribution in [0.3, 0.4) is 0 Å². The molecule has 0 aliphatic carbocycles. The van der Waals surface area contributed by atoms with Gasteiger partial charge in [-0.25, -0.2) is 4.90 Å². The van der Waals surface area contributed by atoms with Gasteiger partial charge in [0.2, 0.25) is 0 Å². The first-order valence-electron chi connectivity index (χ1n) is 4.40. The minimum Gasteiger partial charge on any atom is -0.274 e. The molecule has 0 atom stereocenters. The number of hydrogen-bond donors (Lipinski definition) is 0. The van der Waals surface area contributed by atoms with Crippen molar-refractivity contribution in [1.29, 1.82) is 0 Å². The first kappa shape index (κ1) is 10.6. The van der Waals surface area contributed by atoms with Crippen LogP contribution in [0.15, 0.2) is 36.5 Å². The van der Waals surface area contributed by atoms with E-state index >= 15 is 0 Å². The lowest BCUT2D eigenvalue weighted by Crippen LogP contribution is -2.30. The third kappa shape index (κ3) is 1.35. The summed E-state index contributed by atoms with van der Waals surface area (Å²) in [6, 6.07) is 6.31. The van der Waals surface area contributed by atoms with Gasteiger partial charge >= 0.3 is 0 Å². The van der Waals surface area contributed by atoms with E-state index in [2.05, 4.69) is 6.58 Å². The van der Waals surface area contributed by atoms with Crippen molar-refractivity contribution in [2.45, 2.75) is 0 Å². The number of benzene rings is 1. The molecule has 0 unspecified atom stereocenters. The van der Waals surface area contributed by atoms with E-state index in [1.165, 1.54) is 12.1 Å². The van der Waals surface area contributed by atoms with Crippen LogP contribution in [-0.4, -0.2) is 22.0 Å². The van der Waals surface area contributed by atoms with Gasteiger partial charge in [0.1, 0.15) is 5.70 Å². The lowest BCUT2D eigenvalue weighted by Gasteiger charge is -2.12. The van der Waals surface area contributed by atoms with Gasteiger partial charge < -0.3 is 0 Å². The van der Waals surface area contributed by atoms with Crippen LogP contribution < -0.4 is 0 Å². The number of fused-ring (bicyclic) bond motifs is 1. The Kier molecular flexibility index (Phi) is 2.36. The van der Waals surface area contributed by atoms with Gasteiger partial charge in [-0.3, -0.25) is 14.4 Å². The molecule has 1 heterocycles. The normalized spacial score (nSPS) is 13.9. The molecule has 0 saturated heterocycles. The van der Waals surface area contributed by atoms with E-state index in [9.17, 15) is 14.4 Å². The molecule has 0 N–H and O–H groups in total. The minimum absolute atomic E-state index is 0.256. The van der Waals surface area contributed by atoms with E-state index in [1.54, 1.807) is 12.1 Å². The second-order valence-electron chi connectivity index (χ2n) is 3.21. The molecule has 0 saturated carbocycles. The molecule has 1 aliphatic heterocycles. The van der Waals surface area contributed by atoms with E-state index < -0.39 is 17.1 Å². The number of carbonyl (C=O) groups excluding carboxylic acids is 3. The van der Waals surface area contributed by atoms with Crippen molar-refractivity contribution in [3.05, 3.63) is 47.7 Å². The van der Waals surface area contributed by atoms with Crippen molar-refractivity contribution in [1.82, 2.24) is 4.90 Å². The molecule has 1 aliphatic rings. The van der Waals surface area contributed by atoms with Crippen LogP contribution in [-0.2, 0) is 4.79 Å². The number of hydrogen-bond acceptors (Lipinski definition) is 3. The Balaban J connectivity index is 2.51. The van der Waals surface area contributed by atoms with Crippen LogP contribution in [0, 0.1) is 0 Å². The summed E-state index contributed by atoms with van der Waals surface area (Å²) in [7, 11) is 0. The Morgan fingerprint density at radius 1 is 1.12 bits per heavy atom. The molecular formula is C11H6ClNO3. The van der Waals surface area contributed by atoms with E-state index in [1.807, 2.05) is 0 Å². The Hall–Kier alpha value is -1.94. The number of allylic oxidation sites excluding steroid dienone is 1. The summed E-state index contributed by atoms with van der Waals surface area (Å²) in [5.74, 6) is -1.14. The third-order valence-electron chi connectivity index (χ3n) is 2.29. The maximum atomic E-state index is 11.8. The highest BCUT2D eigenvalue weighted by Crippen LogP contribution is 2.25. The molecule has 16 heavy (non-hydrogen) atoms. The molecule has 0 aromatic heterocycles. The monoisotopic (exact) mass is 235 g/mol. The zero-order valence-electron chi connectivity index (χ0n) is 8.07. The fourth-order valence-electron chi connectivity index (χ4n) is 1.52. The van der Waals surface area contributed by atoms with Crippen LogP contribution in [0.1, 0.15) is 20.7 Å². The zero-order valence-corrected chi connectivity index (χ0v) is 8.82. The largest absolute Gasteiger partial charge is 0.274 e. The molecule has 80 valence electrons. The Bertz CT molecular complexity index is 501. The summed E-state index contributed by atoms with van der Waals surface area (Å²) < 4.78 is 0. The average molecular weight is 236 g/mol. The zero-order chi connectivity index (χ0) is 11.9. The van der Waals surface area contributed by atoms with Gasteiger partial charge in [-0.2, -0.15) is 0 Å². The summed E-state index contributed by atoms with van der Waals surface area (Å²) in [6.45, 7) is 3.32. The fourth-order valence-corrected chi connectivity index (χ4v) is 1.61. The minimum atomic E-state index is -0.922. The highest BCUT2D eigenvalue weighted by atomic mass is 35.5. The van der Waals surface area contributed by atoms with Crippen LogP contribution in [0.25, 0.3) is 0 Å². The number of amides is 2. The first-order chi connectivity index (χ1) is 7.54. The van der Waals surface area contributed by atoms with Gasteiger partial charge in [0.25, 0.3) is 17.1 Å². The smallest absolute Gasteiger partial charge is 0.268 e. The molecule has 0 spiro atoms. The van der Waals surface area contributed by atoms with Crippen molar-refractivity contribution >= 4 is 28.7 Å². The van der Waals surface area contributed by atoms with Gasteiger partial charge in [-0.1, -0.05) is 18.7 Å². The summed E-state index contributed by atoms with van der Waals surface area (Å²) >= 11 is 5.20. The van der Waals surface area contributed by atoms with Crippen molar-refractivity contribution in [3.63, 3.8) is 0 Å². The van der Waals surface area contributed by atoms with Crippen molar-refractivity contribution in [3.8, 4) is 0 Å². The van der Waals surface area contributed by atoms with Crippen LogP contribution >= 0.6 is 11.6 Å². The maximum Gasteiger partial charge on any atom is 0.268 e. The number of rotatable bonds is 2. The highest BCUT2D eigenvalue weighted by Gasteiger charge is 2.38. The second-order valence-corrected chi connectivity index (χ2v) is 3.55. The number of imide groups is 1. The summed E-state index contributed by atoms with van der Waals surface area (Å²) in [5.41, 5.74) is 0.186. The second kappa shape index (κ2) is 3.57. The number of halogens is 1. The predicted molar refractivity (Wildman–Crippen MR) is 56.9 cm³/mol. The van der Waals surface area contributed by atoms with Gasteiger partial charge in [-0.15, -0.1) is 0 Å². The quantitative estimate of drug-likeness (QED) is 0.444. The standard InChI is InChI=1S/C11H6ClNO3/c1-6(9(12)14)13-10(15)7-4-2-3-5-8(7)11(13)16/h2-5H,1H2. The van der Waals surface area contributed by atoms with E-state index in [-0.39, 0.29) is 16.8 Å². The van der Waals surface area contributed by atoms with Gasteiger partial charge in [-0.05, 0) is 23.7 Å². The summed E-state index contributed by atoms with van der Waals surface area (Å²) in [6.07, 6.45) is 0.